The number of hydrogen-bond donors (Lipinski definition) is 3. The minimum Gasteiger partial charge on any atom is -0.409 e. The van der Waals surface area contributed by atoms with Gasteiger partial charge in [0, 0.05) is 22.5 Å². The number of amidine groups is 1. The highest BCUT2D eigenvalue weighted by atomic mass is 79.9. The average molecular weight is 314 g/mol. The minimum absolute atomic E-state index is 0.0929. The second-order valence-corrected chi connectivity index (χ2v) is 5.04. The molecule has 0 aliphatic rings. The third-order valence-electron chi connectivity index (χ3n) is 2.45. The van der Waals surface area contributed by atoms with E-state index in [9.17, 15) is 4.79 Å². The van der Waals surface area contributed by atoms with Gasteiger partial charge in [-0.2, -0.15) is 0 Å². The number of nitrogens with zero attached hydrogens (tertiary/aromatic N) is 1. The van der Waals surface area contributed by atoms with Crippen LogP contribution in [0.3, 0.4) is 0 Å². The fourth-order valence-electron chi connectivity index (χ4n) is 1.59. The molecule has 0 spiro atoms. The van der Waals surface area contributed by atoms with Crippen LogP contribution in [0.5, 0.6) is 0 Å². The summed E-state index contributed by atoms with van der Waals surface area (Å²) in [7, 11) is 0. The molecule has 18 heavy (non-hydrogen) atoms. The second kappa shape index (κ2) is 6.39. The number of nitrogens with one attached hydrogen (secondary N) is 1. The molecule has 0 heterocycles. The zero-order chi connectivity index (χ0) is 13.7. The molecule has 0 aliphatic carbocycles. The highest BCUT2D eigenvalue weighted by Crippen LogP contribution is 2.15. The molecule has 0 radical (unpaired) electrons. The molecule has 0 aliphatic heterocycles. The van der Waals surface area contributed by atoms with Gasteiger partial charge < -0.3 is 16.3 Å². The summed E-state index contributed by atoms with van der Waals surface area (Å²) >= 11 is 3.35. The number of carbonyl (C=O) groups is 1. The lowest BCUT2D eigenvalue weighted by Gasteiger charge is -2.14. The fraction of sp³-hybridized carbons (Fsp3) is 0.333. The van der Waals surface area contributed by atoms with Gasteiger partial charge in [-0.25, -0.2) is 0 Å². The van der Waals surface area contributed by atoms with Crippen molar-refractivity contribution in [2.45, 2.75) is 26.3 Å². The molecule has 1 aromatic rings. The van der Waals surface area contributed by atoms with Gasteiger partial charge in [0.15, 0.2) is 0 Å². The van der Waals surface area contributed by atoms with Crippen LogP contribution in [-0.2, 0) is 0 Å². The van der Waals surface area contributed by atoms with Crippen molar-refractivity contribution in [3.63, 3.8) is 0 Å². The summed E-state index contributed by atoms with van der Waals surface area (Å²) < 4.78 is 0.932. The summed E-state index contributed by atoms with van der Waals surface area (Å²) in [4.78, 5) is 12.0. The van der Waals surface area contributed by atoms with Crippen LogP contribution in [0.4, 0.5) is 0 Å². The Morgan fingerprint density at radius 2 is 2.28 bits per heavy atom. The third kappa shape index (κ3) is 4.03. The van der Waals surface area contributed by atoms with E-state index in [1.165, 1.54) is 0 Å². The first-order valence-corrected chi connectivity index (χ1v) is 6.26. The van der Waals surface area contributed by atoms with Crippen molar-refractivity contribution in [1.29, 1.82) is 0 Å². The van der Waals surface area contributed by atoms with Crippen molar-refractivity contribution in [3.8, 4) is 0 Å². The molecule has 0 aromatic heterocycles. The van der Waals surface area contributed by atoms with E-state index in [1.54, 1.807) is 13.0 Å². The Morgan fingerprint density at radius 3 is 2.83 bits per heavy atom. The van der Waals surface area contributed by atoms with Crippen LogP contribution in [0.1, 0.15) is 29.3 Å². The summed E-state index contributed by atoms with van der Waals surface area (Å²) in [6.07, 6.45) is 0.303. The summed E-state index contributed by atoms with van der Waals surface area (Å²) in [6.45, 7) is 3.66. The largest absolute Gasteiger partial charge is 0.409 e. The van der Waals surface area contributed by atoms with Crippen LogP contribution >= 0.6 is 15.9 Å². The monoisotopic (exact) mass is 313 g/mol. The van der Waals surface area contributed by atoms with Crippen molar-refractivity contribution in [3.05, 3.63) is 33.8 Å². The smallest absolute Gasteiger partial charge is 0.251 e. The number of benzene rings is 1. The van der Waals surface area contributed by atoms with Gasteiger partial charge in [0.05, 0.1) is 0 Å². The lowest BCUT2D eigenvalue weighted by molar-refractivity contribution is 0.0940. The topological polar surface area (TPSA) is 87.7 Å². The van der Waals surface area contributed by atoms with E-state index in [0.717, 1.165) is 10.0 Å². The minimum atomic E-state index is -0.198. The zero-order valence-electron chi connectivity index (χ0n) is 10.3. The molecule has 0 saturated carbocycles. The van der Waals surface area contributed by atoms with E-state index in [0.29, 0.717) is 12.0 Å². The Bertz CT molecular complexity index is 474. The van der Waals surface area contributed by atoms with Crippen molar-refractivity contribution in [2.75, 3.05) is 0 Å². The fourth-order valence-corrected chi connectivity index (χ4v) is 2.06. The van der Waals surface area contributed by atoms with Crippen LogP contribution in [-0.4, -0.2) is 23.0 Å². The number of hydrogen-bond acceptors (Lipinski definition) is 3. The van der Waals surface area contributed by atoms with E-state index in [-0.39, 0.29) is 17.8 Å². The first-order valence-electron chi connectivity index (χ1n) is 5.47. The lowest BCUT2D eigenvalue weighted by atomic mass is 10.1. The number of rotatable bonds is 4. The van der Waals surface area contributed by atoms with Gasteiger partial charge in [0.25, 0.3) is 5.91 Å². The SMILES string of the molecule is Cc1cc(Br)ccc1C(=O)NC(C)CC(N)=NO. The molecular weight excluding hydrogens is 298 g/mol. The van der Waals surface area contributed by atoms with E-state index in [2.05, 4.69) is 26.4 Å². The van der Waals surface area contributed by atoms with Crippen LogP contribution in [0.25, 0.3) is 0 Å². The van der Waals surface area contributed by atoms with Gasteiger partial charge in [-0.1, -0.05) is 21.1 Å². The Balaban J connectivity index is 2.71. The predicted octanol–water partition coefficient (Wildman–Crippen LogP) is 2.01. The highest BCUT2D eigenvalue weighted by Gasteiger charge is 2.13. The van der Waals surface area contributed by atoms with Gasteiger partial charge >= 0.3 is 0 Å². The van der Waals surface area contributed by atoms with E-state index < -0.39 is 0 Å². The van der Waals surface area contributed by atoms with Crippen LogP contribution < -0.4 is 11.1 Å². The molecule has 1 atom stereocenters. The Hall–Kier alpha value is -1.56. The molecule has 0 bridgehead atoms. The highest BCUT2D eigenvalue weighted by molar-refractivity contribution is 9.10. The number of carbonyl (C=O) groups excluding carboxylic acids is 1. The maximum atomic E-state index is 12.0. The first-order chi connectivity index (χ1) is 8.43. The quantitative estimate of drug-likeness (QED) is 0.344. The number of nitrogens with two attached hydrogens (primary N) is 1. The molecule has 0 saturated heterocycles. The van der Waals surface area contributed by atoms with Crippen LogP contribution in [0.2, 0.25) is 0 Å². The number of amides is 1. The third-order valence-corrected chi connectivity index (χ3v) is 2.95. The Morgan fingerprint density at radius 1 is 1.61 bits per heavy atom. The van der Waals surface area contributed by atoms with Gasteiger partial charge in [-0.15, -0.1) is 0 Å². The summed E-state index contributed by atoms with van der Waals surface area (Å²) in [6, 6.07) is 5.25. The average Bonchev–Trinajstić information content (AvgIpc) is 2.28. The standard InChI is InChI=1S/C12H16BrN3O2/c1-7-5-9(13)3-4-10(7)12(17)15-8(2)6-11(14)16-18/h3-5,8,18H,6H2,1-2H3,(H2,14,16)(H,15,17). The van der Waals surface area contributed by atoms with Gasteiger partial charge in [0.2, 0.25) is 0 Å². The molecule has 1 unspecified atom stereocenters. The summed E-state index contributed by atoms with van der Waals surface area (Å²) in [5.41, 5.74) is 6.88. The maximum absolute atomic E-state index is 12.0. The predicted molar refractivity (Wildman–Crippen MR) is 73.8 cm³/mol. The molecule has 98 valence electrons. The van der Waals surface area contributed by atoms with Crippen molar-refractivity contribution in [1.82, 2.24) is 5.32 Å². The zero-order valence-corrected chi connectivity index (χ0v) is 11.9. The molecule has 4 N–H and O–H groups in total. The Kier molecular flexibility index (Phi) is 5.15. The molecule has 0 fully saturated rings. The molecule has 1 amide bonds. The van der Waals surface area contributed by atoms with E-state index in [4.69, 9.17) is 10.9 Å². The van der Waals surface area contributed by atoms with Crippen molar-refractivity contribution >= 4 is 27.7 Å². The molecule has 1 rings (SSSR count). The lowest BCUT2D eigenvalue weighted by Crippen LogP contribution is -2.36. The normalized spacial score (nSPS) is 13.2. The summed E-state index contributed by atoms with van der Waals surface area (Å²) in [5.74, 6) is -0.0754. The van der Waals surface area contributed by atoms with Gasteiger partial charge in [0.1, 0.15) is 5.84 Å². The van der Waals surface area contributed by atoms with E-state index in [1.807, 2.05) is 19.1 Å². The summed E-state index contributed by atoms with van der Waals surface area (Å²) in [5, 5.41) is 14.1. The number of halogens is 1. The number of oxime groups is 1. The maximum Gasteiger partial charge on any atom is 0.251 e. The number of aryl methyl sites for hydroxylation is 1. The molecular formula is C12H16BrN3O2. The first kappa shape index (κ1) is 14.5. The molecule has 1 aromatic carbocycles. The van der Waals surface area contributed by atoms with Crippen molar-refractivity contribution < 1.29 is 10.0 Å². The molecule has 5 nitrogen and oxygen atoms in total. The van der Waals surface area contributed by atoms with Crippen LogP contribution in [0.15, 0.2) is 27.8 Å². The van der Waals surface area contributed by atoms with Gasteiger partial charge in [-0.3, -0.25) is 4.79 Å². The second-order valence-electron chi connectivity index (χ2n) is 4.13. The van der Waals surface area contributed by atoms with Crippen LogP contribution in [0, 0.1) is 6.92 Å². The molecule has 6 heteroatoms. The Labute approximate surface area is 114 Å². The van der Waals surface area contributed by atoms with E-state index >= 15 is 0 Å². The van der Waals surface area contributed by atoms with Gasteiger partial charge in [-0.05, 0) is 37.6 Å². The van der Waals surface area contributed by atoms with Crippen molar-refractivity contribution in [2.24, 2.45) is 10.9 Å².